The van der Waals surface area contributed by atoms with E-state index in [1.54, 1.807) is 42.1 Å². The van der Waals surface area contributed by atoms with Gasteiger partial charge in [0.25, 0.3) is 17.7 Å². The number of benzene rings is 3. The monoisotopic (exact) mass is 873 g/mol. The van der Waals surface area contributed by atoms with Crippen LogP contribution in [-0.2, 0) is 14.4 Å². The smallest absolute Gasteiger partial charge is 0.311 e. The molecule has 0 aliphatic heterocycles. The van der Waals surface area contributed by atoms with Gasteiger partial charge in [-0.15, -0.1) is 0 Å². The minimum atomic E-state index is -0.627. The fraction of sp³-hybridized carbons (Fsp3) is 0.180. The molecule has 1 aliphatic carbocycles. The number of carbonyl (C=O) groups excluding carboxylic acids is 3. The van der Waals surface area contributed by atoms with Crippen molar-refractivity contribution in [1.82, 2.24) is 41.1 Å². The van der Waals surface area contributed by atoms with E-state index >= 15 is 0 Å². The number of aromatic nitrogens is 7. The maximum atomic E-state index is 13.5. The molecule has 1 aliphatic rings. The molecule has 3 unspecified atom stereocenters. The maximum Gasteiger partial charge on any atom is 0.311 e. The van der Waals surface area contributed by atoms with E-state index in [0.717, 1.165) is 29.5 Å². The van der Waals surface area contributed by atoms with Gasteiger partial charge in [-0.1, -0.05) is 81.0 Å². The van der Waals surface area contributed by atoms with Crippen molar-refractivity contribution in [2.75, 3.05) is 0 Å². The van der Waals surface area contributed by atoms with E-state index in [4.69, 9.17) is 0 Å². The summed E-state index contributed by atoms with van der Waals surface area (Å²) in [5.41, 5.74) is 4.36. The van der Waals surface area contributed by atoms with Crippen molar-refractivity contribution < 1.29 is 23.7 Å². The number of carbonyl (C=O) groups is 3. The van der Waals surface area contributed by atoms with Crippen molar-refractivity contribution in [3.63, 3.8) is 0 Å². The average molecular weight is 874 g/mol. The molecule has 3 N–H and O–H groups in total. The van der Waals surface area contributed by atoms with Crippen LogP contribution in [0.1, 0.15) is 85.0 Å². The fourth-order valence-electron chi connectivity index (χ4n) is 7.07. The molecule has 1 saturated carbocycles. The fourth-order valence-corrected chi connectivity index (χ4v) is 7.07. The Morgan fingerprint density at radius 3 is 1.92 bits per heavy atom. The van der Waals surface area contributed by atoms with Gasteiger partial charge in [0.1, 0.15) is 40.6 Å². The van der Waals surface area contributed by atoms with Gasteiger partial charge in [0.2, 0.25) is 11.9 Å². The summed E-state index contributed by atoms with van der Waals surface area (Å²) in [6, 6.07) is 32.5. The van der Waals surface area contributed by atoms with Crippen molar-refractivity contribution in [3.8, 4) is 29.6 Å². The Balaban J connectivity index is 1.02. The first-order valence-corrected chi connectivity index (χ1v) is 21.1. The van der Waals surface area contributed by atoms with Gasteiger partial charge in [-0.05, 0) is 85.2 Å². The molecule has 3 aromatic carbocycles. The van der Waals surface area contributed by atoms with E-state index in [1.165, 1.54) is 54.0 Å². The van der Waals surface area contributed by atoms with E-state index in [9.17, 15) is 30.2 Å². The molecule has 16 heteroatoms. The van der Waals surface area contributed by atoms with Gasteiger partial charge >= 0.3 is 6.33 Å². The van der Waals surface area contributed by atoms with Gasteiger partial charge in [-0.25, -0.2) is 0 Å². The van der Waals surface area contributed by atoms with Crippen molar-refractivity contribution in [2.24, 2.45) is 5.92 Å². The highest BCUT2D eigenvalue weighted by atomic mass is 16.2. The molecule has 7 rings (SSSR count). The van der Waals surface area contributed by atoms with Crippen LogP contribution in [0.2, 0.25) is 0 Å². The van der Waals surface area contributed by atoms with Crippen LogP contribution in [0.4, 0.5) is 0 Å². The van der Waals surface area contributed by atoms with Gasteiger partial charge in [0.15, 0.2) is 17.6 Å². The van der Waals surface area contributed by atoms with Crippen LogP contribution in [0.25, 0.3) is 29.6 Å². The van der Waals surface area contributed by atoms with E-state index in [1.807, 2.05) is 91.9 Å². The third-order valence-corrected chi connectivity index (χ3v) is 10.7. The Morgan fingerprint density at radius 2 is 1.26 bits per heavy atom. The minimum absolute atomic E-state index is 0.0667. The lowest BCUT2D eigenvalue weighted by Gasteiger charge is -2.18. The molecule has 0 saturated heterocycles. The molecular formula is C50H43N13O3+2. The van der Waals surface area contributed by atoms with Crippen LogP contribution in [0.3, 0.4) is 0 Å². The van der Waals surface area contributed by atoms with Crippen LogP contribution in [0.5, 0.6) is 0 Å². The number of nitrogens with one attached hydrogen (secondary N) is 3. The Bertz CT molecular complexity index is 2980. The van der Waals surface area contributed by atoms with E-state index in [-0.39, 0.29) is 28.5 Å². The van der Waals surface area contributed by atoms with E-state index in [2.05, 4.69) is 41.1 Å². The predicted octanol–water partition coefficient (Wildman–Crippen LogP) is 5.35. The molecule has 3 amide bonds. The number of nitriles is 3. The number of rotatable bonds is 16. The first kappa shape index (κ1) is 45.0. The van der Waals surface area contributed by atoms with Gasteiger partial charge < -0.3 is 16.0 Å². The zero-order valence-electron chi connectivity index (χ0n) is 36.0. The van der Waals surface area contributed by atoms with Crippen molar-refractivity contribution >= 4 is 35.9 Å². The topological polar surface area (TPSA) is 231 Å². The Morgan fingerprint density at radius 1 is 0.667 bits per heavy atom. The molecule has 324 valence electrons. The van der Waals surface area contributed by atoms with Gasteiger partial charge in [-0.2, -0.15) is 15.8 Å². The molecule has 66 heavy (non-hydrogen) atoms. The molecule has 6 aromatic rings. The van der Waals surface area contributed by atoms with Gasteiger partial charge in [0, 0.05) is 35.7 Å². The third-order valence-electron chi connectivity index (χ3n) is 10.7. The normalized spacial score (nSPS) is 14.0. The number of nitrogens with zero attached hydrogens (tertiary/aromatic N) is 10. The van der Waals surface area contributed by atoms with Crippen LogP contribution >= 0.6 is 0 Å². The molecule has 0 bridgehead atoms. The standard InChI is InChI=1S/C50H41N13O3/c1-3-46(58-49(65)39(28-52)23-42-30-54-19-20-56-42)37-13-8-16-45(26-37)63-32-55-31-43(61-63)24-40(29-53)48(64)57-33(2)36-12-7-15-44(25-36)62-21-9-14-41(60-62)22-38(27-51)50(66)59-47(35-17-18-35)34-10-5-4-6-11-34/h4-16,19-26,30-33,35,46-47H,3,17-18H2,1-2H3,(H-2,57,58,59,64,65,66)/p+2. The summed E-state index contributed by atoms with van der Waals surface area (Å²) in [5, 5.41) is 47.8. The van der Waals surface area contributed by atoms with E-state index in [0.29, 0.717) is 35.1 Å². The predicted molar refractivity (Wildman–Crippen MR) is 240 cm³/mol. The summed E-state index contributed by atoms with van der Waals surface area (Å²) in [4.78, 5) is 52.3. The van der Waals surface area contributed by atoms with Crippen molar-refractivity contribution in [2.45, 2.75) is 51.2 Å². The number of amides is 3. The van der Waals surface area contributed by atoms with E-state index < -0.39 is 29.8 Å². The summed E-state index contributed by atoms with van der Waals surface area (Å²) >= 11 is 0. The highest BCUT2D eigenvalue weighted by Crippen LogP contribution is 2.41. The van der Waals surface area contributed by atoms with Crippen molar-refractivity contribution in [1.29, 1.82) is 15.8 Å². The van der Waals surface area contributed by atoms with Gasteiger partial charge in [0.05, 0.1) is 30.0 Å². The first-order chi connectivity index (χ1) is 32.2. The summed E-state index contributed by atoms with van der Waals surface area (Å²) in [6.07, 6.45) is 15.8. The minimum Gasteiger partial charge on any atom is -0.345 e. The molecule has 0 spiro atoms. The third kappa shape index (κ3) is 11.5. The lowest BCUT2D eigenvalue weighted by atomic mass is 10.0. The van der Waals surface area contributed by atoms with Gasteiger partial charge in [-0.3, -0.25) is 24.4 Å². The Kier molecular flexibility index (Phi) is 14.5. The van der Waals surface area contributed by atoms with Crippen LogP contribution in [-0.4, -0.2) is 42.9 Å². The quantitative estimate of drug-likeness (QED) is 0.0638. The van der Waals surface area contributed by atoms with Crippen LogP contribution < -0.4 is 25.3 Å². The SMILES string of the molecule is CCC(NC(=O)C(C#N)=Cc1cnccn1)c1cccc(-[n+]2cncc(C=C(C#N)C(=O)NC(C)c3cccc(-[n+]4cccc(C=C(C#N)C(=O)NC(c5ccccc5)C5CC5)n4)c3)n2)c1. The molecule has 16 nitrogen and oxygen atoms in total. The van der Waals surface area contributed by atoms with Crippen LogP contribution in [0, 0.1) is 39.9 Å². The molecule has 3 atom stereocenters. The Labute approximate surface area is 381 Å². The van der Waals surface area contributed by atoms with Crippen molar-refractivity contribution in [3.05, 3.63) is 179 Å². The highest BCUT2D eigenvalue weighted by Gasteiger charge is 2.34. The lowest BCUT2D eigenvalue weighted by Crippen LogP contribution is -2.36. The first-order valence-electron chi connectivity index (χ1n) is 21.1. The molecule has 0 radical (unpaired) electrons. The molecule has 1 fully saturated rings. The zero-order chi connectivity index (χ0) is 46.4. The average Bonchev–Trinajstić information content (AvgIpc) is 4.21. The highest BCUT2D eigenvalue weighted by molar-refractivity contribution is 6.03. The second kappa shape index (κ2) is 21.3. The summed E-state index contributed by atoms with van der Waals surface area (Å²) in [5.74, 6) is -1.33. The Hall–Kier alpha value is -9.07. The number of hydrogen-bond acceptors (Lipinski definition) is 11. The van der Waals surface area contributed by atoms with Crippen LogP contribution in [0.15, 0.2) is 145 Å². The molecular weight excluding hydrogens is 831 g/mol. The second-order valence-electron chi connectivity index (χ2n) is 15.3. The largest absolute Gasteiger partial charge is 0.345 e. The lowest BCUT2D eigenvalue weighted by molar-refractivity contribution is -0.663. The number of hydrogen-bond donors (Lipinski definition) is 3. The summed E-state index contributed by atoms with van der Waals surface area (Å²) in [7, 11) is 0. The molecule has 3 heterocycles. The second-order valence-corrected chi connectivity index (χ2v) is 15.3. The summed E-state index contributed by atoms with van der Waals surface area (Å²) < 4.78 is 3.10. The summed E-state index contributed by atoms with van der Waals surface area (Å²) in [6.45, 7) is 3.69. The zero-order valence-corrected chi connectivity index (χ0v) is 36.0. The maximum absolute atomic E-state index is 13.5. The molecule has 3 aromatic heterocycles.